The zero-order valence-corrected chi connectivity index (χ0v) is 14.7. The van der Waals surface area contributed by atoms with Gasteiger partial charge in [-0.25, -0.2) is 4.58 Å². The molecule has 0 spiro atoms. The molecule has 0 aliphatic carbocycles. The van der Waals surface area contributed by atoms with E-state index in [-0.39, 0.29) is 5.41 Å². The van der Waals surface area contributed by atoms with Gasteiger partial charge in [0.15, 0.2) is 6.67 Å². The van der Waals surface area contributed by atoms with Crippen molar-refractivity contribution in [2.24, 2.45) is 5.41 Å². The second-order valence-corrected chi connectivity index (χ2v) is 7.74. The summed E-state index contributed by atoms with van der Waals surface area (Å²) >= 11 is 0. The monoisotopic (exact) mass is 302 g/mol. The predicted molar refractivity (Wildman–Crippen MR) is 90.5 cm³/mol. The number of benzene rings is 1. The van der Waals surface area contributed by atoms with Gasteiger partial charge in [-0.05, 0) is 31.9 Å². The maximum atomic E-state index is 5.82. The molecule has 2 aliphatic rings. The van der Waals surface area contributed by atoms with E-state index in [4.69, 9.17) is 4.74 Å². The SMILES string of the molecule is Cc1cc(C)c(N2C[N+]3=C(COCC3C(C)(C)C)N2)c(C)c1. The zero-order valence-electron chi connectivity index (χ0n) is 14.7. The van der Waals surface area contributed by atoms with E-state index in [9.17, 15) is 0 Å². The maximum Gasteiger partial charge on any atom is 0.296 e. The Hall–Kier alpha value is -1.55. The molecular formula is C18H28N3O+. The van der Waals surface area contributed by atoms with Crippen LogP contribution in [0.2, 0.25) is 0 Å². The van der Waals surface area contributed by atoms with Crippen molar-refractivity contribution in [1.29, 1.82) is 0 Å². The number of nitrogens with zero attached hydrogens (tertiary/aromatic N) is 2. The Bertz CT molecular complexity index is 605. The lowest BCUT2D eigenvalue weighted by atomic mass is 9.86. The summed E-state index contributed by atoms with van der Waals surface area (Å²) in [4.78, 5) is 0. The minimum atomic E-state index is 0.195. The second-order valence-electron chi connectivity index (χ2n) is 7.74. The van der Waals surface area contributed by atoms with Crippen LogP contribution in [0.4, 0.5) is 5.69 Å². The molecule has 0 saturated heterocycles. The lowest BCUT2D eigenvalue weighted by Gasteiger charge is -2.32. The van der Waals surface area contributed by atoms with E-state index >= 15 is 0 Å². The van der Waals surface area contributed by atoms with Crippen LogP contribution < -0.4 is 10.4 Å². The molecule has 0 aromatic heterocycles. The van der Waals surface area contributed by atoms with Crippen molar-refractivity contribution in [2.45, 2.75) is 47.6 Å². The summed E-state index contributed by atoms with van der Waals surface area (Å²) in [6.07, 6.45) is 0. The molecule has 1 N–H and O–H groups in total. The average molecular weight is 302 g/mol. The molecule has 1 unspecified atom stereocenters. The van der Waals surface area contributed by atoms with E-state index in [1.807, 2.05) is 0 Å². The van der Waals surface area contributed by atoms with Gasteiger partial charge in [0.2, 0.25) is 0 Å². The number of anilines is 1. The third-order valence-electron chi connectivity index (χ3n) is 4.70. The van der Waals surface area contributed by atoms with E-state index in [0.717, 1.165) is 13.3 Å². The zero-order chi connectivity index (χ0) is 16.1. The first-order valence-corrected chi connectivity index (χ1v) is 8.09. The number of hydrogen-bond acceptors (Lipinski definition) is 3. The van der Waals surface area contributed by atoms with Gasteiger partial charge < -0.3 is 4.74 Å². The summed E-state index contributed by atoms with van der Waals surface area (Å²) in [7, 11) is 0. The standard InChI is InChI=1S/C18H27N3O/c1-12-7-13(2)17(14(3)8-12)21-11-20-15(18(4,5)6)9-22-10-16(20)19-21/h7-8,15H,9-11H2,1-6H3/p+1. The number of ether oxygens (including phenoxy) is 1. The van der Waals surface area contributed by atoms with Crippen LogP contribution in [0.3, 0.4) is 0 Å². The van der Waals surface area contributed by atoms with Crippen LogP contribution in [-0.4, -0.2) is 36.3 Å². The molecule has 2 aliphatic heterocycles. The third-order valence-corrected chi connectivity index (χ3v) is 4.70. The molecule has 22 heavy (non-hydrogen) atoms. The van der Waals surface area contributed by atoms with Gasteiger partial charge in [-0.3, -0.25) is 0 Å². The molecule has 0 fully saturated rings. The molecule has 0 radical (unpaired) electrons. The topological polar surface area (TPSA) is 27.5 Å². The van der Waals surface area contributed by atoms with Crippen molar-refractivity contribution in [3.63, 3.8) is 0 Å². The van der Waals surface area contributed by atoms with Crippen molar-refractivity contribution in [3.05, 3.63) is 28.8 Å². The first kappa shape index (κ1) is 15.3. The van der Waals surface area contributed by atoms with Gasteiger partial charge in [-0.1, -0.05) is 38.5 Å². The molecule has 1 aromatic rings. The Morgan fingerprint density at radius 3 is 2.41 bits per heavy atom. The van der Waals surface area contributed by atoms with E-state index in [1.54, 1.807) is 0 Å². The van der Waals surface area contributed by atoms with Gasteiger partial charge in [-0.15, -0.1) is 0 Å². The number of hydrogen-bond donors (Lipinski definition) is 1. The predicted octanol–water partition coefficient (Wildman–Crippen LogP) is 2.75. The largest absolute Gasteiger partial charge is 0.364 e. The smallest absolute Gasteiger partial charge is 0.296 e. The number of aryl methyl sites for hydroxylation is 3. The molecule has 1 aromatic carbocycles. The third kappa shape index (κ3) is 2.60. The highest BCUT2D eigenvalue weighted by atomic mass is 16.5. The number of rotatable bonds is 1. The fourth-order valence-electron chi connectivity index (χ4n) is 3.69. The van der Waals surface area contributed by atoms with Gasteiger partial charge in [0, 0.05) is 5.41 Å². The number of amidine groups is 1. The van der Waals surface area contributed by atoms with Crippen LogP contribution in [0.5, 0.6) is 0 Å². The van der Waals surface area contributed by atoms with E-state index < -0.39 is 0 Å². The molecule has 2 heterocycles. The number of nitrogens with one attached hydrogen (secondary N) is 1. The van der Waals surface area contributed by atoms with E-state index in [0.29, 0.717) is 12.6 Å². The Morgan fingerprint density at radius 1 is 1.18 bits per heavy atom. The van der Waals surface area contributed by atoms with Crippen molar-refractivity contribution >= 4 is 11.5 Å². The van der Waals surface area contributed by atoms with Crippen LogP contribution in [0.15, 0.2) is 12.1 Å². The fraction of sp³-hybridized carbons (Fsp3) is 0.611. The summed E-state index contributed by atoms with van der Waals surface area (Å²) in [6, 6.07) is 4.91. The first-order valence-electron chi connectivity index (χ1n) is 8.09. The minimum Gasteiger partial charge on any atom is -0.364 e. The molecule has 4 heteroatoms. The maximum absolute atomic E-state index is 5.82. The molecule has 120 valence electrons. The number of hydrazine groups is 1. The molecule has 4 nitrogen and oxygen atoms in total. The van der Waals surface area contributed by atoms with Gasteiger partial charge in [-0.2, -0.15) is 10.4 Å². The Kier molecular flexibility index (Phi) is 3.68. The van der Waals surface area contributed by atoms with Crippen molar-refractivity contribution < 1.29 is 9.31 Å². The molecule has 1 atom stereocenters. The highest BCUT2D eigenvalue weighted by Crippen LogP contribution is 2.30. The van der Waals surface area contributed by atoms with Crippen molar-refractivity contribution in [1.82, 2.24) is 5.43 Å². The average Bonchev–Trinajstić information content (AvgIpc) is 2.78. The molecule has 0 bridgehead atoms. The second kappa shape index (κ2) is 5.27. The van der Waals surface area contributed by atoms with Gasteiger partial charge in [0.1, 0.15) is 12.6 Å². The first-order chi connectivity index (χ1) is 10.3. The van der Waals surface area contributed by atoms with Gasteiger partial charge in [0.05, 0.1) is 12.3 Å². The van der Waals surface area contributed by atoms with Crippen LogP contribution in [0.25, 0.3) is 0 Å². The normalized spacial score (nSPS) is 21.9. The summed E-state index contributed by atoms with van der Waals surface area (Å²) < 4.78 is 8.29. The van der Waals surface area contributed by atoms with Gasteiger partial charge in [0.25, 0.3) is 5.84 Å². The van der Waals surface area contributed by atoms with Gasteiger partial charge >= 0.3 is 0 Å². The quantitative estimate of drug-likeness (QED) is 0.808. The van der Waals surface area contributed by atoms with E-state index in [1.165, 1.54) is 28.2 Å². The summed E-state index contributed by atoms with van der Waals surface area (Å²) in [6.45, 7) is 15.8. The summed E-state index contributed by atoms with van der Waals surface area (Å²) in [5.41, 5.74) is 9.01. The summed E-state index contributed by atoms with van der Waals surface area (Å²) in [5.74, 6) is 1.19. The van der Waals surface area contributed by atoms with Crippen LogP contribution in [-0.2, 0) is 4.74 Å². The molecular weight excluding hydrogens is 274 g/mol. The molecule has 3 rings (SSSR count). The highest BCUT2D eigenvalue weighted by molar-refractivity contribution is 5.82. The van der Waals surface area contributed by atoms with Crippen LogP contribution in [0.1, 0.15) is 37.5 Å². The summed E-state index contributed by atoms with van der Waals surface area (Å²) in [5, 5.41) is 2.27. The van der Waals surface area contributed by atoms with Crippen molar-refractivity contribution in [3.8, 4) is 0 Å². The Balaban J connectivity index is 1.91. The van der Waals surface area contributed by atoms with E-state index in [2.05, 4.69) is 68.7 Å². The lowest BCUT2D eigenvalue weighted by molar-refractivity contribution is -0.585. The van der Waals surface area contributed by atoms with Crippen LogP contribution in [0, 0.1) is 26.2 Å². The highest BCUT2D eigenvalue weighted by Gasteiger charge is 2.42. The Labute approximate surface area is 133 Å². The van der Waals surface area contributed by atoms with Crippen LogP contribution >= 0.6 is 0 Å². The lowest BCUT2D eigenvalue weighted by Crippen LogP contribution is -2.48. The molecule has 0 amide bonds. The molecule has 0 saturated carbocycles. The fourth-order valence-corrected chi connectivity index (χ4v) is 3.69. The minimum absolute atomic E-state index is 0.195. The van der Waals surface area contributed by atoms with Crippen molar-refractivity contribution in [2.75, 3.05) is 24.9 Å². The Morgan fingerprint density at radius 2 is 1.82 bits per heavy atom.